The van der Waals surface area contributed by atoms with E-state index in [4.69, 9.17) is 0 Å². The van der Waals surface area contributed by atoms with E-state index in [1.807, 2.05) is 0 Å². The molecule has 0 aromatic heterocycles. The van der Waals surface area contributed by atoms with Gasteiger partial charge in [0, 0.05) is 0 Å². The molecule has 1 rings (SSSR count). The van der Waals surface area contributed by atoms with Gasteiger partial charge in [-0.1, -0.05) is 13.8 Å². The van der Waals surface area contributed by atoms with Crippen molar-refractivity contribution in [2.45, 2.75) is 46.0 Å². The highest BCUT2D eigenvalue weighted by Gasteiger charge is 2.17. The minimum absolute atomic E-state index is 0.988. The highest BCUT2D eigenvalue weighted by molar-refractivity contribution is 4.72. The molecule has 0 radical (unpaired) electrons. The lowest BCUT2D eigenvalue weighted by Gasteiger charge is -2.31. The van der Waals surface area contributed by atoms with Crippen LogP contribution in [-0.2, 0) is 0 Å². The number of hydrogen-bond acceptors (Lipinski definition) is 2. The van der Waals surface area contributed by atoms with Crippen LogP contribution in [0.3, 0.4) is 0 Å². The van der Waals surface area contributed by atoms with E-state index in [9.17, 15) is 0 Å². The highest BCUT2D eigenvalue weighted by atomic mass is 15.1. The molecule has 0 aromatic carbocycles. The summed E-state index contributed by atoms with van der Waals surface area (Å²) in [4.78, 5) is 2.62. The smallest absolute Gasteiger partial charge is 0.00161 e. The number of nitrogens with one attached hydrogen (secondary N) is 1. The van der Waals surface area contributed by atoms with Crippen molar-refractivity contribution in [3.05, 3.63) is 0 Å². The van der Waals surface area contributed by atoms with Crippen LogP contribution in [0.1, 0.15) is 46.0 Å². The summed E-state index contributed by atoms with van der Waals surface area (Å²) in [6, 6.07) is 0. The molecule has 0 amide bonds. The molecule has 2 heteroatoms. The molecule has 0 aliphatic carbocycles. The molecule has 1 aliphatic rings. The van der Waals surface area contributed by atoms with E-state index >= 15 is 0 Å². The van der Waals surface area contributed by atoms with E-state index in [0.717, 1.165) is 5.92 Å². The van der Waals surface area contributed by atoms with Gasteiger partial charge in [0.15, 0.2) is 0 Å². The predicted octanol–water partition coefficient (Wildman–Crippen LogP) is 2.50. The third-order valence-corrected chi connectivity index (χ3v) is 3.40. The lowest BCUT2D eigenvalue weighted by atomic mass is 9.93. The van der Waals surface area contributed by atoms with Crippen molar-refractivity contribution in [3.63, 3.8) is 0 Å². The summed E-state index contributed by atoms with van der Waals surface area (Å²) in [6.07, 6.45) is 6.80. The number of hydrogen-bond donors (Lipinski definition) is 1. The Bertz CT molecular complexity index is 137. The Kier molecular flexibility index (Phi) is 7.03. The van der Waals surface area contributed by atoms with E-state index in [2.05, 4.69) is 24.1 Å². The molecule has 1 N–H and O–H groups in total. The van der Waals surface area contributed by atoms with Crippen molar-refractivity contribution in [2.24, 2.45) is 5.92 Å². The van der Waals surface area contributed by atoms with Crippen molar-refractivity contribution in [1.82, 2.24) is 10.2 Å². The van der Waals surface area contributed by atoms with E-state index in [0.29, 0.717) is 0 Å². The van der Waals surface area contributed by atoms with Crippen molar-refractivity contribution in [2.75, 3.05) is 32.7 Å². The lowest BCUT2D eigenvalue weighted by Crippen LogP contribution is -2.35. The third kappa shape index (κ3) is 5.53. The van der Waals surface area contributed by atoms with Gasteiger partial charge in [0.1, 0.15) is 0 Å². The van der Waals surface area contributed by atoms with E-state index in [1.165, 1.54) is 64.8 Å². The maximum absolute atomic E-state index is 3.51. The molecule has 90 valence electrons. The maximum atomic E-state index is 3.51. The molecule has 1 heterocycles. The lowest BCUT2D eigenvalue weighted by molar-refractivity contribution is 0.179. The summed E-state index contributed by atoms with van der Waals surface area (Å²) >= 11 is 0. The van der Waals surface area contributed by atoms with Crippen LogP contribution in [0.15, 0.2) is 0 Å². The SMILES string of the molecule is CCCNCCC1CCN(CCC)CC1. The standard InChI is InChI=1S/C13H28N2/c1-3-8-14-9-5-13-6-11-15(10-4-2)12-7-13/h13-14H,3-12H2,1-2H3. The van der Waals surface area contributed by atoms with Gasteiger partial charge in [0.25, 0.3) is 0 Å². The third-order valence-electron chi connectivity index (χ3n) is 3.40. The average molecular weight is 212 g/mol. The number of rotatable bonds is 7. The fourth-order valence-electron chi connectivity index (χ4n) is 2.42. The van der Waals surface area contributed by atoms with Gasteiger partial charge < -0.3 is 10.2 Å². The monoisotopic (exact) mass is 212 g/mol. The minimum atomic E-state index is 0.988. The second kappa shape index (κ2) is 8.12. The molecular formula is C13H28N2. The van der Waals surface area contributed by atoms with Gasteiger partial charge in [-0.25, -0.2) is 0 Å². The number of piperidine rings is 1. The molecule has 0 unspecified atom stereocenters. The highest BCUT2D eigenvalue weighted by Crippen LogP contribution is 2.19. The summed E-state index contributed by atoms with van der Waals surface area (Å²) in [7, 11) is 0. The second-order valence-corrected chi connectivity index (χ2v) is 4.82. The van der Waals surface area contributed by atoms with Crippen LogP contribution in [0.5, 0.6) is 0 Å². The first kappa shape index (κ1) is 13.0. The van der Waals surface area contributed by atoms with Crippen LogP contribution in [0.4, 0.5) is 0 Å². The van der Waals surface area contributed by atoms with Gasteiger partial charge in [-0.3, -0.25) is 0 Å². The van der Waals surface area contributed by atoms with Gasteiger partial charge >= 0.3 is 0 Å². The molecule has 0 spiro atoms. The summed E-state index contributed by atoms with van der Waals surface area (Å²) < 4.78 is 0. The van der Waals surface area contributed by atoms with Crippen LogP contribution >= 0.6 is 0 Å². The predicted molar refractivity (Wildman–Crippen MR) is 67.2 cm³/mol. The zero-order chi connectivity index (χ0) is 10.9. The van der Waals surface area contributed by atoms with Crippen molar-refractivity contribution in [1.29, 1.82) is 0 Å². The van der Waals surface area contributed by atoms with Crippen molar-refractivity contribution >= 4 is 0 Å². The van der Waals surface area contributed by atoms with E-state index in [1.54, 1.807) is 0 Å². The Labute approximate surface area is 95.4 Å². The van der Waals surface area contributed by atoms with Gasteiger partial charge in [-0.05, 0) is 70.7 Å². The molecule has 0 saturated carbocycles. The average Bonchev–Trinajstić information content (AvgIpc) is 2.27. The van der Waals surface area contributed by atoms with Crippen molar-refractivity contribution < 1.29 is 0 Å². The topological polar surface area (TPSA) is 15.3 Å². The minimum Gasteiger partial charge on any atom is -0.317 e. The molecule has 0 bridgehead atoms. The fraction of sp³-hybridized carbons (Fsp3) is 1.00. The number of nitrogens with zero attached hydrogens (tertiary/aromatic N) is 1. The Balaban J connectivity index is 1.99. The second-order valence-electron chi connectivity index (χ2n) is 4.82. The fourth-order valence-corrected chi connectivity index (χ4v) is 2.42. The summed E-state index contributed by atoms with van der Waals surface area (Å²) in [5.41, 5.74) is 0. The van der Waals surface area contributed by atoms with Gasteiger partial charge in [-0.15, -0.1) is 0 Å². The summed E-state index contributed by atoms with van der Waals surface area (Å²) in [6.45, 7) is 10.9. The molecular weight excluding hydrogens is 184 g/mol. The van der Waals surface area contributed by atoms with Crippen molar-refractivity contribution in [3.8, 4) is 0 Å². The Morgan fingerprint density at radius 2 is 1.80 bits per heavy atom. The molecule has 1 aliphatic heterocycles. The first-order chi connectivity index (χ1) is 7.36. The van der Waals surface area contributed by atoms with E-state index < -0.39 is 0 Å². The van der Waals surface area contributed by atoms with Gasteiger partial charge in [0.2, 0.25) is 0 Å². The van der Waals surface area contributed by atoms with Crippen LogP contribution in [0.25, 0.3) is 0 Å². The summed E-state index contributed by atoms with van der Waals surface area (Å²) in [5.74, 6) is 0.988. The first-order valence-corrected chi connectivity index (χ1v) is 6.79. The Morgan fingerprint density at radius 1 is 1.07 bits per heavy atom. The van der Waals surface area contributed by atoms with E-state index in [-0.39, 0.29) is 0 Å². The summed E-state index contributed by atoms with van der Waals surface area (Å²) in [5, 5.41) is 3.51. The van der Waals surface area contributed by atoms with Crippen LogP contribution in [0, 0.1) is 5.92 Å². The molecule has 1 fully saturated rings. The van der Waals surface area contributed by atoms with Crippen LogP contribution in [-0.4, -0.2) is 37.6 Å². The zero-order valence-electron chi connectivity index (χ0n) is 10.6. The molecule has 2 nitrogen and oxygen atoms in total. The molecule has 0 atom stereocenters. The normalized spacial score (nSPS) is 19.6. The largest absolute Gasteiger partial charge is 0.317 e. The Hall–Kier alpha value is -0.0800. The van der Waals surface area contributed by atoms with Gasteiger partial charge in [-0.2, -0.15) is 0 Å². The number of likely N-dealkylation sites (tertiary alicyclic amines) is 1. The zero-order valence-corrected chi connectivity index (χ0v) is 10.6. The van der Waals surface area contributed by atoms with Crippen LogP contribution in [0.2, 0.25) is 0 Å². The maximum Gasteiger partial charge on any atom is -0.00161 e. The van der Waals surface area contributed by atoms with Crippen LogP contribution < -0.4 is 5.32 Å². The van der Waals surface area contributed by atoms with Gasteiger partial charge in [0.05, 0.1) is 0 Å². The first-order valence-electron chi connectivity index (χ1n) is 6.79. The molecule has 0 aromatic rings. The molecule has 15 heavy (non-hydrogen) atoms. The quantitative estimate of drug-likeness (QED) is 0.652. The molecule has 1 saturated heterocycles. The Morgan fingerprint density at radius 3 is 2.40 bits per heavy atom.